The van der Waals surface area contributed by atoms with Crippen molar-refractivity contribution in [1.29, 1.82) is 0 Å². The molecule has 3 heterocycles. The Kier molecular flexibility index (Phi) is 2.78. The molecule has 0 amide bonds. The molecule has 124 valence electrons. The van der Waals surface area contributed by atoms with Gasteiger partial charge in [0.05, 0.1) is 5.56 Å². The molecule has 0 saturated heterocycles. The first kappa shape index (κ1) is 14.7. The Hall–Kier alpha value is -2.91. The highest BCUT2D eigenvalue weighted by molar-refractivity contribution is 5.72. The van der Waals surface area contributed by atoms with Crippen LogP contribution < -0.4 is 9.47 Å². The maximum atomic E-state index is 13.3. The number of para-hydroxylation sites is 1. The van der Waals surface area contributed by atoms with E-state index >= 15 is 0 Å². The highest BCUT2D eigenvalue weighted by atomic mass is 19.4. The van der Waals surface area contributed by atoms with E-state index in [1.165, 1.54) is 24.4 Å². The first-order chi connectivity index (χ1) is 11.3. The van der Waals surface area contributed by atoms with E-state index in [0.29, 0.717) is 0 Å². The third kappa shape index (κ3) is 2.14. The normalized spacial score (nSPS) is 15.9. The molecule has 1 aliphatic heterocycles. The van der Waals surface area contributed by atoms with Crippen LogP contribution in [0.4, 0.5) is 22.0 Å². The van der Waals surface area contributed by atoms with Gasteiger partial charge in [0.25, 0.3) is 0 Å². The van der Waals surface area contributed by atoms with Crippen LogP contribution in [0.1, 0.15) is 5.56 Å². The van der Waals surface area contributed by atoms with Crippen molar-refractivity contribution in [2.75, 3.05) is 0 Å². The maximum absolute atomic E-state index is 13.3. The minimum Gasteiger partial charge on any atom is -0.395 e. The van der Waals surface area contributed by atoms with Crippen LogP contribution in [0.5, 0.6) is 11.5 Å². The van der Waals surface area contributed by atoms with Crippen LogP contribution in [0.25, 0.3) is 17.0 Å². The third-order valence-electron chi connectivity index (χ3n) is 3.41. The molecule has 4 rings (SSSR count). The first-order valence-electron chi connectivity index (χ1n) is 6.56. The molecule has 5 nitrogen and oxygen atoms in total. The van der Waals surface area contributed by atoms with Crippen LogP contribution in [0.15, 0.2) is 36.5 Å². The Bertz CT molecular complexity index is 951. The van der Waals surface area contributed by atoms with Crippen LogP contribution in [0, 0.1) is 0 Å². The molecule has 0 bridgehead atoms. The Labute approximate surface area is 130 Å². The average Bonchev–Trinajstić information content (AvgIpc) is 3.04. The second-order valence-corrected chi connectivity index (χ2v) is 4.94. The molecule has 0 radical (unpaired) electrons. The summed E-state index contributed by atoms with van der Waals surface area (Å²) in [5.74, 6) is -0.621. The van der Waals surface area contributed by atoms with Crippen molar-refractivity contribution in [3.63, 3.8) is 0 Å². The monoisotopic (exact) mass is 343 g/mol. The molecule has 0 atom stereocenters. The van der Waals surface area contributed by atoms with Crippen molar-refractivity contribution in [2.24, 2.45) is 0 Å². The molecular formula is C14H6F5N3O2. The van der Waals surface area contributed by atoms with Gasteiger partial charge in [0, 0.05) is 6.20 Å². The van der Waals surface area contributed by atoms with E-state index in [1.54, 1.807) is 0 Å². The molecular weight excluding hydrogens is 337 g/mol. The predicted molar refractivity (Wildman–Crippen MR) is 69.6 cm³/mol. The quantitative estimate of drug-likeness (QED) is 0.632. The van der Waals surface area contributed by atoms with Gasteiger partial charge in [-0.15, -0.1) is 19.0 Å². The molecule has 1 aromatic carbocycles. The Morgan fingerprint density at radius 2 is 1.79 bits per heavy atom. The third-order valence-corrected chi connectivity index (χ3v) is 3.41. The zero-order valence-corrected chi connectivity index (χ0v) is 11.5. The second kappa shape index (κ2) is 4.56. The van der Waals surface area contributed by atoms with Crippen LogP contribution in [-0.4, -0.2) is 20.9 Å². The summed E-state index contributed by atoms with van der Waals surface area (Å²) in [6, 6.07) is 6.05. The number of alkyl halides is 5. The lowest BCUT2D eigenvalue weighted by Gasteiger charge is -2.08. The van der Waals surface area contributed by atoms with E-state index in [0.717, 1.165) is 16.5 Å². The maximum Gasteiger partial charge on any atom is 0.586 e. The summed E-state index contributed by atoms with van der Waals surface area (Å²) in [6.45, 7) is 0. The average molecular weight is 343 g/mol. The Balaban J connectivity index is 1.93. The van der Waals surface area contributed by atoms with E-state index in [9.17, 15) is 22.0 Å². The fraction of sp³-hybridized carbons (Fsp3) is 0.143. The lowest BCUT2D eigenvalue weighted by Crippen LogP contribution is -2.26. The lowest BCUT2D eigenvalue weighted by atomic mass is 10.1. The number of rotatable bonds is 1. The van der Waals surface area contributed by atoms with Gasteiger partial charge in [-0.2, -0.15) is 13.2 Å². The first-order valence-corrected chi connectivity index (χ1v) is 6.56. The highest BCUT2D eigenvalue weighted by Crippen LogP contribution is 2.46. The second-order valence-electron chi connectivity index (χ2n) is 4.94. The largest absolute Gasteiger partial charge is 0.586 e. The van der Waals surface area contributed by atoms with E-state index < -0.39 is 23.7 Å². The fourth-order valence-corrected chi connectivity index (χ4v) is 2.47. The highest BCUT2D eigenvalue weighted by Gasteiger charge is 2.45. The number of ether oxygens (including phenoxy) is 2. The van der Waals surface area contributed by atoms with Gasteiger partial charge < -0.3 is 9.47 Å². The molecule has 0 fully saturated rings. The summed E-state index contributed by atoms with van der Waals surface area (Å²) in [5.41, 5.74) is -1.39. The standard InChI is InChI=1S/C14H6F5N3O2/c15-13(16,17)8-4-2-6-22-11(20-21-12(8)22)7-3-1-5-9-10(7)24-14(18,19)23-9/h1-6H. The van der Waals surface area contributed by atoms with Crippen molar-refractivity contribution >= 4 is 5.65 Å². The van der Waals surface area contributed by atoms with Crippen LogP contribution in [-0.2, 0) is 6.18 Å². The minimum atomic E-state index is -4.63. The Morgan fingerprint density at radius 3 is 2.54 bits per heavy atom. The molecule has 0 spiro atoms. The van der Waals surface area contributed by atoms with E-state index in [4.69, 9.17) is 0 Å². The summed E-state index contributed by atoms with van der Waals surface area (Å²) in [7, 11) is 0. The van der Waals surface area contributed by atoms with Gasteiger partial charge in [0.2, 0.25) is 0 Å². The molecule has 0 N–H and O–H groups in total. The van der Waals surface area contributed by atoms with E-state index in [-0.39, 0.29) is 22.9 Å². The van der Waals surface area contributed by atoms with Crippen molar-refractivity contribution in [2.45, 2.75) is 12.5 Å². The van der Waals surface area contributed by atoms with Gasteiger partial charge in [-0.3, -0.25) is 4.40 Å². The van der Waals surface area contributed by atoms with Crippen LogP contribution in [0.2, 0.25) is 0 Å². The van der Waals surface area contributed by atoms with E-state index in [2.05, 4.69) is 19.7 Å². The van der Waals surface area contributed by atoms with Gasteiger partial charge in [-0.25, -0.2) is 0 Å². The zero-order chi connectivity index (χ0) is 17.1. The number of pyridine rings is 1. The van der Waals surface area contributed by atoms with Crippen molar-refractivity contribution < 1.29 is 31.4 Å². The SMILES string of the molecule is FC1(F)Oc2cccc(-c3nnc4c(C(F)(F)F)cccn34)c2O1. The molecule has 0 unspecified atom stereocenters. The topological polar surface area (TPSA) is 48.7 Å². The molecule has 3 aromatic rings. The summed E-state index contributed by atoms with van der Waals surface area (Å²) in [6.07, 6.45) is -7.18. The summed E-state index contributed by atoms with van der Waals surface area (Å²) < 4.78 is 75.4. The van der Waals surface area contributed by atoms with Crippen molar-refractivity contribution in [1.82, 2.24) is 14.6 Å². The van der Waals surface area contributed by atoms with Crippen LogP contribution in [0.3, 0.4) is 0 Å². The number of hydrogen-bond donors (Lipinski definition) is 0. The number of nitrogens with zero attached hydrogens (tertiary/aromatic N) is 3. The minimum absolute atomic E-state index is 0.0384. The number of benzene rings is 1. The number of hydrogen-bond acceptors (Lipinski definition) is 4. The van der Waals surface area contributed by atoms with Gasteiger partial charge in [-0.1, -0.05) is 6.07 Å². The van der Waals surface area contributed by atoms with Gasteiger partial charge >= 0.3 is 12.5 Å². The fourth-order valence-electron chi connectivity index (χ4n) is 2.47. The zero-order valence-electron chi connectivity index (χ0n) is 11.5. The summed E-state index contributed by atoms with van der Waals surface area (Å²) in [5, 5.41) is 7.23. The number of aromatic nitrogens is 3. The van der Waals surface area contributed by atoms with Crippen LogP contribution >= 0.6 is 0 Å². The van der Waals surface area contributed by atoms with Gasteiger partial charge in [0.1, 0.15) is 5.56 Å². The molecule has 10 heteroatoms. The molecule has 0 saturated carbocycles. The predicted octanol–water partition coefficient (Wildman–Crippen LogP) is 3.74. The van der Waals surface area contributed by atoms with Crippen molar-refractivity contribution in [3.8, 4) is 22.9 Å². The number of halogens is 5. The Morgan fingerprint density at radius 1 is 1.00 bits per heavy atom. The lowest BCUT2D eigenvalue weighted by molar-refractivity contribution is -0.286. The molecule has 0 aliphatic carbocycles. The van der Waals surface area contributed by atoms with Crippen molar-refractivity contribution in [3.05, 3.63) is 42.1 Å². The van der Waals surface area contributed by atoms with Gasteiger partial charge in [-0.05, 0) is 24.3 Å². The van der Waals surface area contributed by atoms with Gasteiger partial charge in [0.15, 0.2) is 23.0 Å². The smallest absolute Gasteiger partial charge is 0.395 e. The molecule has 2 aromatic heterocycles. The van der Waals surface area contributed by atoms with E-state index in [1.807, 2.05) is 0 Å². The summed E-state index contributed by atoms with van der Waals surface area (Å²) in [4.78, 5) is 0. The number of fused-ring (bicyclic) bond motifs is 2. The summed E-state index contributed by atoms with van der Waals surface area (Å²) >= 11 is 0. The molecule has 1 aliphatic rings. The molecule has 24 heavy (non-hydrogen) atoms.